The van der Waals surface area contributed by atoms with E-state index in [-0.39, 0.29) is 5.56 Å². The highest BCUT2D eigenvalue weighted by Gasteiger charge is 2.24. The summed E-state index contributed by atoms with van der Waals surface area (Å²) in [4.78, 5) is 44.0. The first-order valence-corrected chi connectivity index (χ1v) is 13.0. The number of hydrogen-bond donors (Lipinski definition) is 2. The Morgan fingerprint density at radius 1 is 0.707 bits per heavy atom. The summed E-state index contributed by atoms with van der Waals surface area (Å²) in [6.45, 7) is 0. The Hall–Kier alpha value is -5.42. The molecule has 0 bridgehead atoms. The number of ether oxygens (including phenoxy) is 2. The van der Waals surface area contributed by atoms with Crippen LogP contribution in [0.4, 0.5) is 0 Å². The van der Waals surface area contributed by atoms with Gasteiger partial charge in [0.1, 0.15) is 16.9 Å². The smallest absolute Gasteiger partial charge is 0.337 e. The third-order valence-corrected chi connectivity index (χ3v) is 7.25. The van der Waals surface area contributed by atoms with Gasteiger partial charge < -0.3 is 19.6 Å². The maximum Gasteiger partial charge on any atom is 0.337 e. The van der Waals surface area contributed by atoms with Crippen molar-refractivity contribution in [3.63, 3.8) is 0 Å². The number of benzene rings is 4. The molecule has 10 nitrogen and oxygen atoms in total. The maximum atomic E-state index is 12.0. The molecule has 2 aromatic heterocycles. The molecule has 2 heterocycles. The highest BCUT2D eigenvalue weighted by molar-refractivity contribution is 7.00. The van der Waals surface area contributed by atoms with E-state index in [1.54, 1.807) is 66.7 Å². The molecule has 0 saturated carbocycles. The summed E-state index contributed by atoms with van der Waals surface area (Å²) in [5.74, 6) is -1.49. The number of rotatable bonds is 6. The molecule has 0 spiro atoms. The molecule has 0 amide bonds. The molecule has 4 aromatic carbocycles. The second-order valence-corrected chi connectivity index (χ2v) is 9.57. The van der Waals surface area contributed by atoms with Gasteiger partial charge in [0, 0.05) is 16.7 Å². The normalized spacial score (nSPS) is 11.1. The number of aromatic nitrogens is 4. The summed E-state index contributed by atoms with van der Waals surface area (Å²) >= 11 is 1.06. The van der Waals surface area contributed by atoms with E-state index in [4.69, 9.17) is 14.5 Å². The number of H-pyrrole nitrogens is 1. The van der Waals surface area contributed by atoms with Crippen molar-refractivity contribution in [3.05, 3.63) is 89.5 Å². The highest BCUT2D eigenvalue weighted by atomic mass is 32.1. The summed E-state index contributed by atoms with van der Waals surface area (Å²) in [6.07, 6.45) is 0. The number of carboxylic acids is 1. The van der Waals surface area contributed by atoms with Crippen molar-refractivity contribution in [2.45, 2.75) is 0 Å². The number of esters is 2. The van der Waals surface area contributed by atoms with E-state index in [0.29, 0.717) is 50.1 Å². The Bertz CT molecular complexity index is 1870. The minimum atomic E-state index is -1.05. The van der Waals surface area contributed by atoms with Gasteiger partial charge in [-0.1, -0.05) is 36.4 Å². The third kappa shape index (κ3) is 4.47. The highest BCUT2D eigenvalue weighted by Crippen LogP contribution is 2.43. The summed E-state index contributed by atoms with van der Waals surface area (Å²) in [5, 5.41) is 9.53. The fourth-order valence-corrected chi connectivity index (χ4v) is 5.31. The van der Waals surface area contributed by atoms with E-state index in [0.717, 1.165) is 28.4 Å². The number of hydrogen-bond acceptors (Lipinski definition) is 9. The molecule has 0 atom stereocenters. The Kier molecular flexibility index (Phi) is 6.48. The number of aromatic carboxylic acids is 1. The molecule has 0 aliphatic rings. The van der Waals surface area contributed by atoms with Crippen LogP contribution in [0.15, 0.2) is 72.8 Å². The zero-order valence-electron chi connectivity index (χ0n) is 21.7. The van der Waals surface area contributed by atoms with Crippen LogP contribution in [-0.4, -0.2) is 55.9 Å². The number of carbonyl (C=O) groups excluding carboxylic acids is 2. The molecule has 41 heavy (non-hydrogen) atoms. The number of fused-ring (bicyclic) bond motifs is 2. The van der Waals surface area contributed by atoms with E-state index >= 15 is 0 Å². The van der Waals surface area contributed by atoms with Gasteiger partial charge in [0.2, 0.25) is 0 Å². The molecule has 0 saturated heterocycles. The fraction of sp³-hybridized carbons (Fsp3) is 0.0667. The number of nitrogens with one attached hydrogen (secondary N) is 1. The Balaban J connectivity index is 1.64. The van der Waals surface area contributed by atoms with Crippen LogP contribution in [0.2, 0.25) is 0 Å². The summed E-state index contributed by atoms with van der Waals surface area (Å²) in [7, 11) is 2.65. The van der Waals surface area contributed by atoms with Gasteiger partial charge in [-0.05, 0) is 47.5 Å². The zero-order chi connectivity index (χ0) is 28.7. The second kappa shape index (κ2) is 10.3. The SMILES string of the molecule is COC(=O)c1ccc(-c2c3nsnc3c(-c3ccc(C(=O)OC)cc3)c3[nH]c(-c4cccc(C(=O)O)c4)nc23)cc1. The average molecular weight is 565 g/mol. The van der Waals surface area contributed by atoms with Gasteiger partial charge >= 0.3 is 17.9 Å². The van der Waals surface area contributed by atoms with Crippen LogP contribution in [0.3, 0.4) is 0 Å². The van der Waals surface area contributed by atoms with E-state index in [9.17, 15) is 19.5 Å². The molecule has 6 rings (SSSR count). The van der Waals surface area contributed by atoms with Crippen LogP contribution < -0.4 is 0 Å². The molecule has 0 aliphatic heterocycles. The van der Waals surface area contributed by atoms with E-state index in [1.807, 2.05) is 0 Å². The van der Waals surface area contributed by atoms with Crippen LogP contribution in [-0.2, 0) is 9.47 Å². The minimum Gasteiger partial charge on any atom is -0.478 e. The second-order valence-electron chi connectivity index (χ2n) is 9.04. The lowest BCUT2D eigenvalue weighted by Crippen LogP contribution is -2.00. The number of aromatic amines is 1. The van der Waals surface area contributed by atoms with E-state index in [1.165, 1.54) is 20.3 Å². The molecule has 2 N–H and O–H groups in total. The monoisotopic (exact) mass is 564 g/mol. The van der Waals surface area contributed by atoms with Crippen molar-refractivity contribution >= 4 is 51.7 Å². The van der Waals surface area contributed by atoms with Gasteiger partial charge in [0.05, 0.1) is 53.7 Å². The summed E-state index contributed by atoms with van der Waals surface area (Å²) in [5.41, 5.74) is 6.93. The van der Waals surface area contributed by atoms with Gasteiger partial charge in [0.15, 0.2) is 0 Å². The number of carboxylic acid groups (broad SMARTS) is 1. The van der Waals surface area contributed by atoms with Crippen molar-refractivity contribution in [2.24, 2.45) is 0 Å². The number of imidazole rings is 1. The third-order valence-electron chi connectivity index (χ3n) is 6.73. The topological polar surface area (TPSA) is 144 Å². The van der Waals surface area contributed by atoms with Crippen LogP contribution in [0.1, 0.15) is 31.1 Å². The van der Waals surface area contributed by atoms with Gasteiger partial charge in [-0.15, -0.1) is 0 Å². The summed E-state index contributed by atoms with van der Waals surface area (Å²) in [6, 6.07) is 20.4. The van der Waals surface area contributed by atoms with Crippen LogP contribution in [0.25, 0.3) is 55.7 Å². The Morgan fingerprint density at radius 3 is 1.83 bits per heavy atom. The maximum absolute atomic E-state index is 12.0. The van der Waals surface area contributed by atoms with Gasteiger partial charge in [-0.2, -0.15) is 8.75 Å². The van der Waals surface area contributed by atoms with E-state index in [2.05, 4.69) is 13.7 Å². The number of carbonyl (C=O) groups is 3. The molecule has 0 unspecified atom stereocenters. The Labute approximate surface area is 236 Å². The quantitative estimate of drug-likeness (QED) is 0.238. The molecular formula is C30H20N4O6S. The molecule has 0 fully saturated rings. The van der Waals surface area contributed by atoms with E-state index < -0.39 is 17.9 Å². The lowest BCUT2D eigenvalue weighted by atomic mass is 9.94. The van der Waals surface area contributed by atoms with Crippen molar-refractivity contribution in [1.82, 2.24) is 18.7 Å². The molecule has 202 valence electrons. The first kappa shape index (κ1) is 25.8. The first-order valence-electron chi connectivity index (χ1n) is 12.3. The lowest BCUT2D eigenvalue weighted by molar-refractivity contribution is 0.0592. The van der Waals surface area contributed by atoms with Gasteiger partial charge in [-0.25, -0.2) is 19.4 Å². The van der Waals surface area contributed by atoms with Crippen molar-refractivity contribution in [2.75, 3.05) is 14.2 Å². The zero-order valence-corrected chi connectivity index (χ0v) is 22.5. The number of methoxy groups -OCH3 is 2. The first-order chi connectivity index (χ1) is 19.9. The lowest BCUT2D eigenvalue weighted by Gasteiger charge is -2.10. The largest absolute Gasteiger partial charge is 0.478 e. The van der Waals surface area contributed by atoms with Crippen molar-refractivity contribution in [3.8, 4) is 33.6 Å². The van der Waals surface area contributed by atoms with Crippen LogP contribution >= 0.6 is 11.7 Å². The minimum absolute atomic E-state index is 0.129. The average Bonchev–Trinajstić information content (AvgIpc) is 3.67. The Morgan fingerprint density at radius 2 is 1.27 bits per heavy atom. The fourth-order valence-electron chi connectivity index (χ4n) is 4.75. The standard InChI is InChI=1S/C30H20N4O6S/c1-39-29(37)17-10-6-15(7-11-17)21-23-24(32-27(31-23)19-4-3-5-20(14-19)28(35)36)22(26-25(21)33-41-34-26)16-8-12-18(13-9-16)30(38)40-2/h3-14H,1-2H3,(H,31,32)(H,35,36). The molecular weight excluding hydrogens is 544 g/mol. The van der Waals surface area contributed by atoms with Crippen LogP contribution in [0.5, 0.6) is 0 Å². The number of nitrogens with zero attached hydrogens (tertiary/aromatic N) is 3. The molecule has 0 aliphatic carbocycles. The molecule has 6 aromatic rings. The van der Waals surface area contributed by atoms with Crippen LogP contribution in [0, 0.1) is 0 Å². The van der Waals surface area contributed by atoms with Crippen molar-refractivity contribution < 1.29 is 29.0 Å². The van der Waals surface area contributed by atoms with Crippen molar-refractivity contribution in [1.29, 1.82) is 0 Å². The molecule has 0 radical (unpaired) electrons. The summed E-state index contributed by atoms with van der Waals surface area (Å²) < 4.78 is 18.9. The predicted molar refractivity (Wildman–Crippen MR) is 153 cm³/mol. The van der Waals surface area contributed by atoms with Gasteiger partial charge in [0.25, 0.3) is 0 Å². The predicted octanol–water partition coefficient (Wildman–Crippen LogP) is 5.84. The molecule has 11 heteroatoms. The van der Waals surface area contributed by atoms with Gasteiger partial charge in [-0.3, -0.25) is 0 Å².